The summed E-state index contributed by atoms with van der Waals surface area (Å²) >= 11 is 0. The number of carboxylic acid groups (broad SMARTS) is 1. The highest BCUT2D eigenvalue weighted by molar-refractivity contribution is 5.98. The highest BCUT2D eigenvalue weighted by Gasteiger charge is 2.51. The Bertz CT molecular complexity index is 755. The first-order valence-corrected chi connectivity index (χ1v) is 8.67. The van der Waals surface area contributed by atoms with Crippen molar-refractivity contribution in [2.24, 2.45) is 23.7 Å². The zero-order valence-electron chi connectivity index (χ0n) is 13.7. The maximum Gasteiger partial charge on any atom is 0.307 e. The van der Waals surface area contributed by atoms with E-state index in [2.05, 4.69) is 5.32 Å². The van der Waals surface area contributed by atoms with Crippen LogP contribution in [0.1, 0.15) is 19.3 Å². The number of hydrogen-bond acceptors (Lipinski definition) is 3. The van der Waals surface area contributed by atoms with E-state index in [1.807, 2.05) is 24.3 Å². The molecule has 2 fully saturated rings. The summed E-state index contributed by atoms with van der Waals surface area (Å²) < 4.78 is 0. The number of aliphatic carboxylic acids is 1. The van der Waals surface area contributed by atoms with E-state index < -0.39 is 17.8 Å². The fourth-order valence-electron chi connectivity index (χ4n) is 4.39. The average molecular weight is 340 g/mol. The van der Waals surface area contributed by atoms with Gasteiger partial charge in [-0.15, -0.1) is 0 Å². The summed E-state index contributed by atoms with van der Waals surface area (Å²) in [6.07, 6.45) is 6.08. The van der Waals surface area contributed by atoms with Crippen molar-refractivity contribution in [3.05, 3.63) is 36.4 Å². The van der Waals surface area contributed by atoms with E-state index in [0.717, 1.165) is 25.1 Å². The number of carbonyl (C=O) groups is 3. The normalized spacial score (nSPS) is 30.1. The number of benzene rings is 1. The molecule has 2 aliphatic carbocycles. The molecule has 3 aliphatic rings. The summed E-state index contributed by atoms with van der Waals surface area (Å²) in [6.45, 7) is 0.725. The highest BCUT2D eigenvalue weighted by Crippen LogP contribution is 2.48. The summed E-state index contributed by atoms with van der Waals surface area (Å²) in [5.74, 6) is -2.22. The summed E-state index contributed by atoms with van der Waals surface area (Å²) in [4.78, 5) is 37.7. The van der Waals surface area contributed by atoms with E-state index in [1.54, 1.807) is 17.0 Å². The molecular weight excluding hydrogens is 320 g/mol. The van der Waals surface area contributed by atoms with E-state index in [9.17, 15) is 19.5 Å². The van der Waals surface area contributed by atoms with E-state index >= 15 is 0 Å². The molecule has 0 spiro atoms. The molecule has 1 aliphatic heterocycles. The molecule has 1 aromatic rings. The topological polar surface area (TPSA) is 86.7 Å². The van der Waals surface area contributed by atoms with Gasteiger partial charge in [-0.2, -0.15) is 0 Å². The van der Waals surface area contributed by atoms with Crippen molar-refractivity contribution in [1.29, 1.82) is 0 Å². The van der Waals surface area contributed by atoms with Crippen LogP contribution in [-0.4, -0.2) is 29.4 Å². The molecule has 0 radical (unpaired) electrons. The van der Waals surface area contributed by atoms with E-state index in [0.29, 0.717) is 12.1 Å². The molecule has 2 N–H and O–H groups in total. The summed E-state index contributed by atoms with van der Waals surface area (Å²) in [6, 6.07) is 7.15. The average Bonchev–Trinajstić information content (AvgIpc) is 3.30. The Labute approximate surface area is 145 Å². The zero-order chi connectivity index (χ0) is 17.6. The number of allylic oxidation sites excluding steroid dienone is 2. The second-order valence-electron chi connectivity index (χ2n) is 7.02. The molecule has 6 heteroatoms. The lowest BCUT2D eigenvalue weighted by atomic mass is 9.82. The predicted octanol–water partition coefficient (Wildman–Crippen LogP) is 2.27. The van der Waals surface area contributed by atoms with E-state index in [1.165, 1.54) is 0 Å². The molecule has 4 atom stereocenters. The number of hydrogen-bond donors (Lipinski definition) is 2. The second kappa shape index (κ2) is 6.02. The number of carbonyl (C=O) groups excluding carboxylic acids is 2. The monoisotopic (exact) mass is 340 g/mol. The molecule has 0 aromatic heterocycles. The van der Waals surface area contributed by atoms with Gasteiger partial charge in [0.2, 0.25) is 11.8 Å². The van der Waals surface area contributed by atoms with Crippen LogP contribution in [0.2, 0.25) is 0 Å². The number of fused-ring (bicyclic) bond motifs is 2. The number of amides is 2. The van der Waals surface area contributed by atoms with Gasteiger partial charge >= 0.3 is 5.97 Å². The fourth-order valence-corrected chi connectivity index (χ4v) is 4.39. The first-order valence-electron chi connectivity index (χ1n) is 8.67. The van der Waals surface area contributed by atoms with Crippen LogP contribution in [0.5, 0.6) is 0 Å². The summed E-state index contributed by atoms with van der Waals surface area (Å²) in [5, 5.41) is 12.3. The van der Waals surface area contributed by atoms with Gasteiger partial charge in [-0.3, -0.25) is 14.4 Å². The molecule has 1 heterocycles. The largest absolute Gasteiger partial charge is 0.481 e. The van der Waals surface area contributed by atoms with Gasteiger partial charge in [0.15, 0.2) is 0 Å². The lowest BCUT2D eigenvalue weighted by molar-refractivity contribution is -0.146. The summed E-state index contributed by atoms with van der Waals surface area (Å²) in [7, 11) is 0. The standard InChI is InChI=1S/C19H20N2O4/c22-15-2-1-9-21(15)14-7-5-13(6-8-14)20-18(23)16-11-3-4-12(10-11)17(16)19(24)25/h3-8,11-12,16-17H,1-2,9-10H2,(H,20,23)(H,24,25)/t11-,12-,16-,17-/m0/s1. The van der Waals surface area contributed by atoms with Gasteiger partial charge in [-0.05, 0) is 48.9 Å². The quantitative estimate of drug-likeness (QED) is 0.823. The number of rotatable bonds is 4. The lowest BCUT2D eigenvalue weighted by Gasteiger charge is -2.24. The highest BCUT2D eigenvalue weighted by atomic mass is 16.4. The molecule has 1 saturated carbocycles. The van der Waals surface area contributed by atoms with Crippen LogP contribution < -0.4 is 10.2 Å². The van der Waals surface area contributed by atoms with Gasteiger partial charge in [0.1, 0.15) is 0 Å². The van der Waals surface area contributed by atoms with Crippen molar-refractivity contribution in [3.8, 4) is 0 Å². The number of anilines is 2. The Morgan fingerprint density at radius 3 is 2.36 bits per heavy atom. The smallest absolute Gasteiger partial charge is 0.307 e. The third-order valence-corrected chi connectivity index (χ3v) is 5.57. The minimum absolute atomic E-state index is 0.00703. The minimum Gasteiger partial charge on any atom is -0.481 e. The van der Waals surface area contributed by atoms with Crippen molar-refractivity contribution >= 4 is 29.2 Å². The van der Waals surface area contributed by atoms with Crippen LogP contribution in [0, 0.1) is 23.7 Å². The molecule has 25 heavy (non-hydrogen) atoms. The Morgan fingerprint density at radius 2 is 1.76 bits per heavy atom. The zero-order valence-corrected chi connectivity index (χ0v) is 13.7. The molecular formula is C19H20N2O4. The van der Waals surface area contributed by atoms with Crippen molar-refractivity contribution < 1.29 is 19.5 Å². The van der Waals surface area contributed by atoms with Gasteiger partial charge < -0.3 is 15.3 Å². The SMILES string of the molecule is O=C(O)[C@@H]1[C@@H](C(=O)Nc2ccc(N3CCCC3=O)cc2)[C@H]2C=C[C@H]1C2. The first-order chi connectivity index (χ1) is 12.0. The van der Waals surface area contributed by atoms with Crippen molar-refractivity contribution in [2.75, 3.05) is 16.8 Å². The van der Waals surface area contributed by atoms with Gasteiger partial charge in [-0.1, -0.05) is 12.2 Å². The molecule has 1 saturated heterocycles. The molecule has 0 unspecified atom stereocenters. The summed E-state index contributed by atoms with van der Waals surface area (Å²) in [5.41, 5.74) is 1.45. The fraction of sp³-hybridized carbons (Fsp3) is 0.421. The molecule has 4 rings (SSSR count). The molecule has 2 bridgehead atoms. The third kappa shape index (κ3) is 2.71. The van der Waals surface area contributed by atoms with Gasteiger partial charge in [-0.25, -0.2) is 0 Å². The first kappa shape index (κ1) is 15.9. The van der Waals surface area contributed by atoms with Crippen LogP contribution in [0.3, 0.4) is 0 Å². The lowest BCUT2D eigenvalue weighted by Crippen LogP contribution is -2.36. The molecule has 130 valence electrons. The number of nitrogens with zero attached hydrogens (tertiary/aromatic N) is 1. The van der Waals surface area contributed by atoms with Crippen LogP contribution in [0.25, 0.3) is 0 Å². The third-order valence-electron chi connectivity index (χ3n) is 5.57. The van der Waals surface area contributed by atoms with Crippen molar-refractivity contribution in [2.45, 2.75) is 19.3 Å². The Hall–Kier alpha value is -2.63. The molecule has 6 nitrogen and oxygen atoms in total. The Morgan fingerprint density at radius 1 is 1.08 bits per heavy atom. The molecule has 2 amide bonds. The minimum atomic E-state index is -0.903. The van der Waals surface area contributed by atoms with Crippen LogP contribution in [0.4, 0.5) is 11.4 Å². The van der Waals surface area contributed by atoms with Crippen LogP contribution >= 0.6 is 0 Å². The van der Waals surface area contributed by atoms with Crippen LogP contribution in [0.15, 0.2) is 36.4 Å². The van der Waals surface area contributed by atoms with Crippen LogP contribution in [-0.2, 0) is 14.4 Å². The van der Waals surface area contributed by atoms with E-state index in [-0.39, 0.29) is 23.7 Å². The van der Waals surface area contributed by atoms with E-state index in [4.69, 9.17) is 0 Å². The maximum absolute atomic E-state index is 12.6. The molecule has 1 aromatic carbocycles. The Kier molecular flexibility index (Phi) is 3.82. The predicted molar refractivity (Wildman–Crippen MR) is 92.0 cm³/mol. The van der Waals surface area contributed by atoms with Crippen molar-refractivity contribution in [1.82, 2.24) is 0 Å². The van der Waals surface area contributed by atoms with Crippen molar-refractivity contribution in [3.63, 3.8) is 0 Å². The maximum atomic E-state index is 12.6. The Balaban J connectivity index is 1.47. The number of nitrogens with one attached hydrogen (secondary N) is 1. The van der Waals surface area contributed by atoms with Gasteiger partial charge in [0.05, 0.1) is 11.8 Å². The van der Waals surface area contributed by atoms with Gasteiger partial charge in [0, 0.05) is 24.3 Å². The van der Waals surface area contributed by atoms with Gasteiger partial charge in [0.25, 0.3) is 0 Å². The number of carboxylic acids is 1. The second-order valence-corrected chi connectivity index (χ2v) is 7.02.